The molecule has 30 heavy (non-hydrogen) atoms. The van der Waals surface area contributed by atoms with E-state index >= 15 is 0 Å². The fourth-order valence-corrected chi connectivity index (χ4v) is 4.50. The van der Waals surface area contributed by atoms with Crippen molar-refractivity contribution in [3.8, 4) is 5.88 Å². The van der Waals surface area contributed by atoms with Crippen molar-refractivity contribution in [3.63, 3.8) is 0 Å². The number of amides is 1. The number of fused-ring (bicyclic) bond motifs is 1. The molecule has 0 spiro atoms. The first-order valence-corrected chi connectivity index (χ1v) is 10.6. The second-order valence-electron chi connectivity index (χ2n) is 7.07. The predicted octanol–water partition coefficient (Wildman–Crippen LogP) is 2.55. The summed E-state index contributed by atoms with van der Waals surface area (Å²) >= 11 is 1.30. The van der Waals surface area contributed by atoms with Crippen LogP contribution in [0.25, 0.3) is 10.2 Å². The minimum Gasteiger partial charge on any atom is -0.479 e. The van der Waals surface area contributed by atoms with Crippen LogP contribution in [0.3, 0.4) is 0 Å². The van der Waals surface area contributed by atoms with Gasteiger partial charge in [-0.05, 0) is 18.6 Å². The van der Waals surface area contributed by atoms with Crippen molar-refractivity contribution in [1.29, 1.82) is 0 Å². The molecule has 0 bridgehead atoms. The normalized spacial score (nSPS) is 14.9. The quantitative estimate of drug-likeness (QED) is 0.570. The number of ether oxygens (including phenoxy) is 2. The molecule has 1 aliphatic rings. The van der Waals surface area contributed by atoms with Crippen LogP contribution in [0.2, 0.25) is 0 Å². The fourth-order valence-electron chi connectivity index (χ4n) is 3.49. The van der Waals surface area contributed by atoms with Crippen molar-refractivity contribution in [2.75, 3.05) is 51.4 Å². The van der Waals surface area contributed by atoms with Gasteiger partial charge in [0.1, 0.15) is 16.9 Å². The number of halogens is 1. The number of benzene rings is 1. The maximum absolute atomic E-state index is 14.2. The number of para-hydroxylation sites is 1. The Kier molecular flexibility index (Phi) is 6.26. The number of morpholine rings is 1. The van der Waals surface area contributed by atoms with E-state index in [4.69, 9.17) is 9.47 Å². The van der Waals surface area contributed by atoms with E-state index in [1.54, 1.807) is 30.3 Å². The lowest BCUT2D eigenvalue weighted by Crippen LogP contribution is -2.39. The molecule has 0 unspecified atom stereocenters. The predicted molar refractivity (Wildman–Crippen MR) is 113 cm³/mol. The molecule has 1 aliphatic heterocycles. The standard InChI is InChI=1S/C20H24FN5O3S/c1-24-13-14(18(23-24)28-2)19(27)26(8-4-7-25-9-11-29-12-10-25)20-22-17-15(21)5-3-6-16(17)30-20/h3,5-6,13H,4,7-12H2,1-2H3. The van der Waals surface area contributed by atoms with Crippen molar-refractivity contribution < 1.29 is 18.7 Å². The van der Waals surface area contributed by atoms with Gasteiger partial charge in [-0.15, -0.1) is 5.10 Å². The molecule has 160 valence electrons. The summed E-state index contributed by atoms with van der Waals surface area (Å²) in [6.07, 6.45) is 2.39. The smallest absolute Gasteiger partial charge is 0.267 e. The third-order valence-corrected chi connectivity index (χ3v) is 6.06. The summed E-state index contributed by atoms with van der Waals surface area (Å²) in [5, 5.41) is 4.65. The second kappa shape index (κ2) is 9.07. The molecule has 0 saturated carbocycles. The number of aromatic nitrogens is 3. The van der Waals surface area contributed by atoms with Crippen LogP contribution in [0.5, 0.6) is 5.88 Å². The Bertz CT molecular complexity index is 1030. The number of hydrogen-bond donors (Lipinski definition) is 0. The molecule has 1 fully saturated rings. The zero-order chi connectivity index (χ0) is 21.1. The topological polar surface area (TPSA) is 72.7 Å². The van der Waals surface area contributed by atoms with E-state index in [-0.39, 0.29) is 17.3 Å². The zero-order valence-electron chi connectivity index (χ0n) is 17.0. The number of carbonyl (C=O) groups excluding carboxylic acids is 1. The van der Waals surface area contributed by atoms with Crippen molar-refractivity contribution >= 4 is 32.6 Å². The molecule has 2 aromatic heterocycles. The fraction of sp³-hybridized carbons (Fsp3) is 0.450. The Morgan fingerprint density at radius 3 is 2.90 bits per heavy atom. The molecule has 1 amide bonds. The maximum atomic E-state index is 14.2. The summed E-state index contributed by atoms with van der Waals surface area (Å²) in [6, 6.07) is 4.83. The van der Waals surface area contributed by atoms with Gasteiger partial charge in [-0.1, -0.05) is 17.4 Å². The molecular weight excluding hydrogens is 409 g/mol. The molecule has 10 heteroatoms. The highest BCUT2D eigenvalue weighted by atomic mass is 32.1. The highest BCUT2D eigenvalue weighted by molar-refractivity contribution is 7.22. The minimum absolute atomic E-state index is 0.257. The largest absolute Gasteiger partial charge is 0.479 e. The number of nitrogens with zero attached hydrogens (tertiary/aromatic N) is 5. The number of anilines is 1. The first-order chi connectivity index (χ1) is 14.6. The van der Waals surface area contributed by atoms with Crippen molar-refractivity contribution in [3.05, 3.63) is 35.8 Å². The maximum Gasteiger partial charge on any atom is 0.267 e. The van der Waals surface area contributed by atoms with Crippen LogP contribution in [0.15, 0.2) is 24.4 Å². The highest BCUT2D eigenvalue weighted by Crippen LogP contribution is 2.32. The summed E-state index contributed by atoms with van der Waals surface area (Å²) in [6.45, 7) is 4.53. The molecule has 0 radical (unpaired) electrons. The minimum atomic E-state index is -0.394. The number of methoxy groups -OCH3 is 1. The Labute approximate surface area is 177 Å². The molecule has 3 heterocycles. The van der Waals surface area contributed by atoms with Crippen molar-refractivity contribution in [2.45, 2.75) is 6.42 Å². The molecule has 0 N–H and O–H groups in total. The van der Waals surface area contributed by atoms with E-state index in [0.29, 0.717) is 21.9 Å². The monoisotopic (exact) mass is 433 g/mol. The van der Waals surface area contributed by atoms with E-state index in [9.17, 15) is 9.18 Å². The van der Waals surface area contributed by atoms with Crippen LogP contribution in [-0.2, 0) is 11.8 Å². The van der Waals surface area contributed by atoms with Crippen LogP contribution in [0.4, 0.5) is 9.52 Å². The molecule has 8 nitrogen and oxygen atoms in total. The van der Waals surface area contributed by atoms with E-state index in [1.165, 1.54) is 29.2 Å². The summed E-state index contributed by atoms with van der Waals surface area (Å²) in [4.78, 5) is 21.8. The van der Waals surface area contributed by atoms with Gasteiger partial charge < -0.3 is 9.47 Å². The van der Waals surface area contributed by atoms with Crippen LogP contribution in [-0.4, -0.2) is 72.1 Å². The Morgan fingerprint density at radius 1 is 1.37 bits per heavy atom. The lowest BCUT2D eigenvalue weighted by Gasteiger charge is -2.27. The first kappa shape index (κ1) is 20.7. The molecular formula is C20H24FN5O3S. The van der Waals surface area contributed by atoms with E-state index < -0.39 is 5.82 Å². The van der Waals surface area contributed by atoms with Crippen LogP contribution in [0.1, 0.15) is 16.8 Å². The summed E-state index contributed by atoms with van der Waals surface area (Å²) in [7, 11) is 3.21. The van der Waals surface area contributed by atoms with E-state index in [1.807, 2.05) is 0 Å². The lowest BCUT2D eigenvalue weighted by atomic mass is 10.2. The Morgan fingerprint density at radius 2 is 2.17 bits per heavy atom. The van der Waals surface area contributed by atoms with Gasteiger partial charge in [0.25, 0.3) is 5.91 Å². The molecule has 0 atom stereocenters. The van der Waals surface area contributed by atoms with Crippen LogP contribution >= 0.6 is 11.3 Å². The molecule has 1 saturated heterocycles. The van der Waals surface area contributed by atoms with Gasteiger partial charge in [0.05, 0.1) is 25.0 Å². The molecule has 1 aromatic carbocycles. The van der Waals surface area contributed by atoms with Crippen molar-refractivity contribution in [1.82, 2.24) is 19.7 Å². The van der Waals surface area contributed by atoms with Gasteiger partial charge in [0, 0.05) is 39.4 Å². The number of carbonyl (C=O) groups is 1. The van der Waals surface area contributed by atoms with E-state index in [0.717, 1.165) is 39.3 Å². The molecule has 0 aliphatic carbocycles. The summed E-state index contributed by atoms with van der Waals surface area (Å²) in [5.74, 6) is -0.399. The van der Waals surface area contributed by atoms with Gasteiger partial charge in [-0.25, -0.2) is 9.37 Å². The summed E-state index contributed by atoms with van der Waals surface area (Å²) < 4.78 is 27.1. The second-order valence-corrected chi connectivity index (χ2v) is 8.08. The van der Waals surface area contributed by atoms with Gasteiger partial charge in [0.2, 0.25) is 5.88 Å². The Balaban J connectivity index is 1.61. The van der Waals surface area contributed by atoms with Gasteiger partial charge in [-0.3, -0.25) is 19.3 Å². The van der Waals surface area contributed by atoms with Gasteiger partial charge in [0.15, 0.2) is 5.13 Å². The third-order valence-electron chi connectivity index (χ3n) is 5.01. The van der Waals surface area contributed by atoms with E-state index in [2.05, 4.69) is 15.0 Å². The number of hydrogen-bond acceptors (Lipinski definition) is 7. The average molecular weight is 434 g/mol. The van der Waals surface area contributed by atoms with Crippen LogP contribution < -0.4 is 9.64 Å². The SMILES string of the molecule is COc1nn(C)cc1C(=O)N(CCCN1CCOCC1)c1nc2c(F)cccc2s1. The highest BCUT2D eigenvalue weighted by Gasteiger charge is 2.26. The third kappa shape index (κ3) is 4.30. The van der Waals surface area contributed by atoms with Gasteiger partial charge in [-0.2, -0.15) is 0 Å². The van der Waals surface area contributed by atoms with Gasteiger partial charge >= 0.3 is 0 Å². The molecule has 4 rings (SSSR count). The first-order valence-electron chi connectivity index (χ1n) is 9.81. The zero-order valence-corrected chi connectivity index (χ0v) is 17.8. The number of rotatable bonds is 7. The number of aryl methyl sites for hydroxylation is 1. The number of thiazole rings is 1. The van der Waals surface area contributed by atoms with Crippen molar-refractivity contribution in [2.24, 2.45) is 7.05 Å². The lowest BCUT2D eigenvalue weighted by molar-refractivity contribution is 0.0376. The van der Waals surface area contributed by atoms with Crippen LogP contribution in [0, 0.1) is 5.82 Å². The Hall–Kier alpha value is -2.56. The average Bonchev–Trinajstić information content (AvgIpc) is 3.35. The molecule has 3 aromatic rings. The summed E-state index contributed by atoms with van der Waals surface area (Å²) in [5.41, 5.74) is 0.632.